The molecule has 1 aliphatic carbocycles. The number of hydrogen-bond donors (Lipinski definition) is 0. The molecule has 236 valence electrons. The number of hydrogen-bond acceptors (Lipinski definition) is 4. The van der Waals surface area contributed by atoms with Gasteiger partial charge in [-0.2, -0.15) is 0 Å². The van der Waals surface area contributed by atoms with Crippen LogP contribution in [0.3, 0.4) is 0 Å². The Kier molecular flexibility index (Phi) is 7.78. The van der Waals surface area contributed by atoms with E-state index in [1.165, 1.54) is 22.3 Å². The summed E-state index contributed by atoms with van der Waals surface area (Å²) < 4.78 is 0. The summed E-state index contributed by atoms with van der Waals surface area (Å²) in [6, 6.07) is 28.3. The minimum atomic E-state index is 0.0696. The van der Waals surface area contributed by atoms with E-state index in [0.717, 1.165) is 40.8 Å². The van der Waals surface area contributed by atoms with Crippen LogP contribution in [0.25, 0.3) is 45.4 Å². The molecular formula is C42H48N4. The standard InChI is InChI=1S/C42H48N4/c1-11-40(5,6)32-20-14-28(15-21-32)37-44-36(27-12-18-31(19-13-27)39(2,3)4)45-38(46-37)30-17-23-35(43-25-30)29-16-22-33-34(24-29)42(9,10)26-41(33,7)8/h12-25H,11,26H2,1-10H3. The van der Waals surface area contributed by atoms with Crippen molar-refractivity contribution in [1.82, 2.24) is 19.9 Å². The van der Waals surface area contributed by atoms with Gasteiger partial charge in [-0.1, -0.05) is 130 Å². The Morgan fingerprint density at radius 1 is 0.565 bits per heavy atom. The maximum Gasteiger partial charge on any atom is 0.165 e. The highest BCUT2D eigenvalue weighted by Gasteiger charge is 2.41. The maximum atomic E-state index is 4.99. The molecular weight excluding hydrogens is 560 g/mol. The van der Waals surface area contributed by atoms with Crippen molar-refractivity contribution in [3.8, 4) is 45.4 Å². The maximum absolute atomic E-state index is 4.99. The van der Waals surface area contributed by atoms with E-state index in [-0.39, 0.29) is 21.7 Å². The van der Waals surface area contributed by atoms with Gasteiger partial charge < -0.3 is 0 Å². The molecule has 0 saturated heterocycles. The molecule has 0 unspecified atom stereocenters. The van der Waals surface area contributed by atoms with Gasteiger partial charge in [0.05, 0.1) is 5.69 Å². The van der Waals surface area contributed by atoms with Gasteiger partial charge in [-0.15, -0.1) is 0 Å². The number of fused-ring (bicyclic) bond motifs is 1. The van der Waals surface area contributed by atoms with Crippen LogP contribution in [0.2, 0.25) is 0 Å². The van der Waals surface area contributed by atoms with Gasteiger partial charge in [0, 0.05) is 28.5 Å². The molecule has 6 rings (SSSR count). The minimum Gasteiger partial charge on any atom is -0.255 e. The van der Waals surface area contributed by atoms with Gasteiger partial charge in [0.2, 0.25) is 0 Å². The van der Waals surface area contributed by atoms with Gasteiger partial charge in [0.1, 0.15) is 0 Å². The third-order valence-electron chi connectivity index (χ3n) is 10.1. The summed E-state index contributed by atoms with van der Waals surface area (Å²) in [7, 11) is 0. The van der Waals surface area contributed by atoms with E-state index in [9.17, 15) is 0 Å². The summed E-state index contributed by atoms with van der Waals surface area (Å²) in [5.74, 6) is 1.94. The van der Waals surface area contributed by atoms with Crippen LogP contribution in [0.4, 0.5) is 0 Å². The SMILES string of the molecule is CCC(C)(C)c1ccc(-c2nc(-c3ccc(C(C)(C)C)cc3)nc(-c3ccc(-c4ccc5c(c4)C(C)(C)CC5(C)C)nc3)n2)cc1. The third kappa shape index (κ3) is 6.02. The van der Waals surface area contributed by atoms with Crippen molar-refractivity contribution in [2.45, 2.75) is 104 Å². The Morgan fingerprint density at radius 3 is 1.54 bits per heavy atom. The van der Waals surface area contributed by atoms with Gasteiger partial charge in [-0.25, -0.2) is 15.0 Å². The molecule has 0 spiro atoms. The topological polar surface area (TPSA) is 51.6 Å². The van der Waals surface area contributed by atoms with Gasteiger partial charge >= 0.3 is 0 Å². The van der Waals surface area contributed by atoms with Crippen molar-refractivity contribution in [3.63, 3.8) is 0 Å². The van der Waals surface area contributed by atoms with Gasteiger partial charge in [-0.3, -0.25) is 4.98 Å². The molecule has 4 nitrogen and oxygen atoms in total. The third-order valence-corrected chi connectivity index (χ3v) is 10.1. The van der Waals surface area contributed by atoms with Crippen LogP contribution in [-0.2, 0) is 21.7 Å². The number of nitrogens with zero attached hydrogens (tertiary/aromatic N) is 4. The zero-order chi connectivity index (χ0) is 33.1. The quantitative estimate of drug-likeness (QED) is 0.192. The average Bonchev–Trinajstić information content (AvgIpc) is 3.23. The van der Waals surface area contributed by atoms with Gasteiger partial charge in [-0.05, 0) is 75.0 Å². The number of pyridine rings is 1. The molecule has 4 heteroatoms. The number of benzene rings is 3. The summed E-state index contributed by atoms with van der Waals surface area (Å²) in [6.45, 7) is 22.9. The second kappa shape index (κ2) is 11.3. The Balaban J connectivity index is 1.40. The second-order valence-corrected chi connectivity index (χ2v) is 16.1. The lowest BCUT2D eigenvalue weighted by molar-refractivity contribution is 0.403. The van der Waals surface area contributed by atoms with Crippen molar-refractivity contribution < 1.29 is 0 Å². The molecule has 3 aromatic carbocycles. The van der Waals surface area contributed by atoms with Crippen LogP contribution in [0.5, 0.6) is 0 Å². The zero-order valence-electron chi connectivity index (χ0n) is 29.3. The van der Waals surface area contributed by atoms with Crippen molar-refractivity contribution in [2.75, 3.05) is 0 Å². The van der Waals surface area contributed by atoms with Gasteiger partial charge in [0.15, 0.2) is 17.5 Å². The molecule has 0 radical (unpaired) electrons. The Labute approximate surface area is 275 Å². The molecule has 0 saturated carbocycles. The zero-order valence-corrected chi connectivity index (χ0v) is 29.3. The first-order valence-corrected chi connectivity index (χ1v) is 16.7. The molecule has 0 amide bonds. The summed E-state index contributed by atoms with van der Waals surface area (Å²) in [5.41, 5.74) is 10.9. The Hall–Kier alpha value is -4.18. The fraction of sp³-hybridized carbons (Fsp3) is 0.381. The highest BCUT2D eigenvalue weighted by molar-refractivity contribution is 5.69. The summed E-state index contributed by atoms with van der Waals surface area (Å²) in [4.78, 5) is 19.9. The Morgan fingerprint density at radius 2 is 1.04 bits per heavy atom. The molecule has 2 heterocycles. The van der Waals surface area contributed by atoms with E-state index in [0.29, 0.717) is 17.5 Å². The smallest absolute Gasteiger partial charge is 0.165 e. The highest BCUT2D eigenvalue weighted by atomic mass is 15.0. The van der Waals surface area contributed by atoms with E-state index < -0.39 is 0 Å². The predicted octanol–water partition coefficient (Wildman–Crippen LogP) is 10.9. The summed E-state index contributed by atoms with van der Waals surface area (Å²) in [5, 5.41) is 0. The van der Waals surface area contributed by atoms with E-state index in [1.54, 1.807) is 0 Å². The highest BCUT2D eigenvalue weighted by Crippen LogP contribution is 2.50. The lowest BCUT2D eigenvalue weighted by atomic mass is 9.82. The molecule has 0 bridgehead atoms. The first-order chi connectivity index (χ1) is 21.6. The van der Waals surface area contributed by atoms with Crippen LogP contribution in [0.1, 0.15) is 104 Å². The van der Waals surface area contributed by atoms with Crippen molar-refractivity contribution in [3.05, 3.63) is 107 Å². The second-order valence-electron chi connectivity index (χ2n) is 16.1. The lowest BCUT2D eigenvalue weighted by Crippen LogP contribution is -2.17. The minimum absolute atomic E-state index is 0.0696. The number of rotatable bonds is 6. The number of aromatic nitrogens is 4. The molecule has 0 fully saturated rings. The molecule has 5 aromatic rings. The van der Waals surface area contributed by atoms with E-state index in [1.807, 2.05) is 6.20 Å². The van der Waals surface area contributed by atoms with E-state index in [2.05, 4.69) is 148 Å². The average molecular weight is 609 g/mol. The lowest BCUT2D eigenvalue weighted by Gasteiger charge is -2.23. The van der Waals surface area contributed by atoms with Crippen molar-refractivity contribution in [1.29, 1.82) is 0 Å². The van der Waals surface area contributed by atoms with Crippen LogP contribution < -0.4 is 0 Å². The van der Waals surface area contributed by atoms with E-state index >= 15 is 0 Å². The normalized spacial score (nSPS) is 15.5. The molecule has 0 atom stereocenters. The largest absolute Gasteiger partial charge is 0.255 e. The van der Waals surface area contributed by atoms with Crippen LogP contribution >= 0.6 is 0 Å². The molecule has 0 aliphatic heterocycles. The van der Waals surface area contributed by atoms with Crippen LogP contribution in [0.15, 0.2) is 85.1 Å². The fourth-order valence-corrected chi connectivity index (χ4v) is 7.00. The molecule has 46 heavy (non-hydrogen) atoms. The Bertz CT molecular complexity index is 1870. The van der Waals surface area contributed by atoms with Crippen molar-refractivity contribution in [2.24, 2.45) is 0 Å². The van der Waals surface area contributed by atoms with Crippen LogP contribution in [0, 0.1) is 0 Å². The fourth-order valence-electron chi connectivity index (χ4n) is 7.00. The monoisotopic (exact) mass is 608 g/mol. The molecule has 2 aromatic heterocycles. The van der Waals surface area contributed by atoms with Crippen molar-refractivity contribution >= 4 is 0 Å². The summed E-state index contributed by atoms with van der Waals surface area (Å²) >= 11 is 0. The predicted molar refractivity (Wildman–Crippen MR) is 192 cm³/mol. The first kappa shape index (κ1) is 31.8. The van der Waals surface area contributed by atoms with E-state index in [4.69, 9.17) is 19.9 Å². The first-order valence-electron chi connectivity index (χ1n) is 16.7. The molecule has 0 N–H and O–H groups in total. The van der Waals surface area contributed by atoms with Crippen LogP contribution in [-0.4, -0.2) is 19.9 Å². The van der Waals surface area contributed by atoms with Gasteiger partial charge in [0.25, 0.3) is 0 Å². The summed E-state index contributed by atoms with van der Waals surface area (Å²) in [6.07, 6.45) is 4.12. The molecule has 1 aliphatic rings.